The summed E-state index contributed by atoms with van der Waals surface area (Å²) in [5, 5.41) is 0.767. The van der Waals surface area contributed by atoms with Crippen molar-refractivity contribution in [2.45, 2.75) is 27.2 Å². The first kappa shape index (κ1) is 15.8. The third kappa shape index (κ3) is 3.05. The van der Waals surface area contributed by atoms with Gasteiger partial charge in [0.1, 0.15) is 10.6 Å². The highest BCUT2D eigenvalue weighted by atomic mass is 32.1. The molecule has 1 aromatic rings. The molecule has 0 aromatic carbocycles. The Morgan fingerprint density at radius 1 is 1.29 bits per heavy atom. The van der Waals surface area contributed by atoms with E-state index < -0.39 is 5.97 Å². The summed E-state index contributed by atoms with van der Waals surface area (Å²) < 4.78 is 4.85. The van der Waals surface area contributed by atoms with Gasteiger partial charge in [-0.2, -0.15) is 0 Å². The lowest BCUT2D eigenvalue weighted by Crippen LogP contribution is -2.39. The zero-order chi connectivity index (χ0) is 15.7. The van der Waals surface area contributed by atoms with Gasteiger partial charge in [-0.15, -0.1) is 11.3 Å². The fourth-order valence-corrected chi connectivity index (χ4v) is 4.17. The number of nitrogen functional groups attached to an aromatic ring is 1. The van der Waals surface area contributed by atoms with Crippen LogP contribution in [0, 0.1) is 11.8 Å². The number of carbonyl (C=O) groups excluding carboxylic acids is 2. The summed E-state index contributed by atoms with van der Waals surface area (Å²) in [7, 11) is 1.33. The summed E-state index contributed by atoms with van der Waals surface area (Å²) in [4.78, 5) is 26.4. The van der Waals surface area contributed by atoms with E-state index in [0.29, 0.717) is 22.3 Å². The zero-order valence-electron chi connectivity index (χ0n) is 12.9. The van der Waals surface area contributed by atoms with Gasteiger partial charge < -0.3 is 15.4 Å². The normalized spacial score (nSPS) is 22.2. The van der Waals surface area contributed by atoms with Gasteiger partial charge in [0.15, 0.2) is 5.78 Å². The van der Waals surface area contributed by atoms with Crippen LogP contribution < -0.4 is 10.6 Å². The van der Waals surface area contributed by atoms with Gasteiger partial charge in [-0.3, -0.25) is 4.79 Å². The summed E-state index contributed by atoms with van der Waals surface area (Å²) in [5.74, 6) is 0.496. The van der Waals surface area contributed by atoms with E-state index in [1.165, 1.54) is 31.8 Å². The maximum Gasteiger partial charge on any atom is 0.343 e. The Bertz CT molecular complexity index is 558. The lowest BCUT2D eigenvalue weighted by atomic mass is 9.92. The molecule has 21 heavy (non-hydrogen) atoms. The number of ketones is 1. The Hall–Kier alpha value is -1.56. The smallest absolute Gasteiger partial charge is 0.343 e. The third-order valence-corrected chi connectivity index (χ3v) is 5.16. The van der Waals surface area contributed by atoms with E-state index in [1.807, 2.05) is 0 Å². The number of hydrogen-bond acceptors (Lipinski definition) is 6. The Morgan fingerprint density at radius 2 is 1.86 bits per heavy atom. The summed E-state index contributed by atoms with van der Waals surface area (Å²) >= 11 is 1.30. The van der Waals surface area contributed by atoms with Crippen LogP contribution in [0.2, 0.25) is 0 Å². The van der Waals surface area contributed by atoms with Gasteiger partial charge in [0.2, 0.25) is 0 Å². The van der Waals surface area contributed by atoms with Crippen LogP contribution in [0.1, 0.15) is 47.2 Å². The van der Waals surface area contributed by atoms with Crippen molar-refractivity contribution >= 4 is 33.8 Å². The van der Waals surface area contributed by atoms with E-state index in [4.69, 9.17) is 10.5 Å². The number of rotatable bonds is 3. The highest BCUT2D eigenvalue weighted by Crippen LogP contribution is 2.41. The Morgan fingerprint density at radius 3 is 2.33 bits per heavy atom. The predicted molar refractivity (Wildman–Crippen MR) is 85.2 cm³/mol. The summed E-state index contributed by atoms with van der Waals surface area (Å²) in [5.41, 5.74) is 6.61. The van der Waals surface area contributed by atoms with Crippen molar-refractivity contribution in [2.24, 2.45) is 11.8 Å². The second-order valence-electron chi connectivity index (χ2n) is 5.92. The number of Topliss-reactive ketones (excluding diaryl/α,β-unsaturated/α-hetero) is 1. The minimum absolute atomic E-state index is 0.119. The number of piperidine rings is 1. The molecular weight excluding hydrogens is 288 g/mol. The van der Waals surface area contributed by atoms with Gasteiger partial charge in [0.05, 0.1) is 17.7 Å². The molecule has 2 unspecified atom stereocenters. The van der Waals surface area contributed by atoms with E-state index in [0.717, 1.165) is 18.1 Å². The molecule has 1 aromatic heterocycles. The predicted octanol–water partition coefficient (Wildman–Crippen LogP) is 2.80. The molecule has 5 nitrogen and oxygen atoms in total. The van der Waals surface area contributed by atoms with Gasteiger partial charge >= 0.3 is 5.97 Å². The third-order valence-electron chi connectivity index (χ3n) is 3.79. The summed E-state index contributed by atoms with van der Waals surface area (Å²) in [6.45, 7) is 7.60. The van der Waals surface area contributed by atoms with Crippen LogP contribution in [-0.4, -0.2) is 32.0 Å². The van der Waals surface area contributed by atoms with Crippen LogP contribution in [0.5, 0.6) is 0 Å². The fraction of sp³-hybridized carbons (Fsp3) is 0.600. The van der Waals surface area contributed by atoms with Crippen LogP contribution in [0.3, 0.4) is 0 Å². The van der Waals surface area contributed by atoms with Crippen LogP contribution in [-0.2, 0) is 4.74 Å². The van der Waals surface area contributed by atoms with Crippen molar-refractivity contribution in [1.29, 1.82) is 0 Å². The van der Waals surface area contributed by atoms with E-state index in [1.54, 1.807) is 0 Å². The quantitative estimate of drug-likeness (QED) is 0.686. The second kappa shape index (κ2) is 6.05. The van der Waals surface area contributed by atoms with Crippen LogP contribution in [0.15, 0.2) is 0 Å². The molecule has 0 amide bonds. The van der Waals surface area contributed by atoms with Crippen LogP contribution >= 0.6 is 11.3 Å². The lowest BCUT2D eigenvalue weighted by Gasteiger charge is -2.36. The first-order valence-corrected chi connectivity index (χ1v) is 7.93. The number of hydrogen-bond donors (Lipinski definition) is 1. The number of nitrogens with zero attached hydrogens (tertiary/aromatic N) is 1. The molecule has 0 radical (unpaired) electrons. The Kier molecular flexibility index (Phi) is 4.56. The molecule has 2 N–H and O–H groups in total. The molecule has 1 saturated heterocycles. The van der Waals surface area contributed by atoms with E-state index >= 15 is 0 Å². The van der Waals surface area contributed by atoms with Crippen molar-refractivity contribution in [3.8, 4) is 0 Å². The molecule has 0 spiro atoms. The molecule has 0 bridgehead atoms. The molecule has 0 saturated carbocycles. The van der Waals surface area contributed by atoms with Gasteiger partial charge in [-0.1, -0.05) is 13.8 Å². The molecule has 1 aliphatic heterocycles. The number of methoxy groups -OCH3 is 1. The first-order valence-electron chi connectivity index (χ1n) is 7.11. The van der Waals surface area contributed by atoms with Crippen molar-refractivity contribution < 1.29 is 14.3 Å². The molecule has 0 aliphatic carbocycles. The first-order chi connectivity index (χ1) is 9.85. The van der Waals surface area contributed by atoms with Crippen LogP contribution in [0.25, 0.3) is 0 Å². The summed E-state index contributed by atoms with van der Waals surface area (Å²) in [6.07, 6.45) is 1.17. The maximum absolute atomic E-state index is 12.1. The van der Waals surface area contributed by atoms with Crippen LogP contribution in [0.4, 0.5) is 10.7 Å². The van der Waals surface area contributed by atoms with E-state index in [2.05, 4.69) is 18.7 Å². The molecule has 6 heteroatoms. The van der Waals surface area contributed by atoms with Gasteiger partial charge in [-0.25, -0.2) is 4.79 Å². The number of esters is 1. The molecule has 2 rings (SSSR count). The number of ether oxygens (including phenoxy) is 1. The van der Waals surface area contributed by atoms with Crippen molar-refractivity contribution in [2.75, 3.05) is 30.8 Å². The standard InChI is InChI=1S/C15H22N2O3S/c1-8-5-9(2)7-17(6-8)14-11(15(19)20-4)12(16)13(21-14)10(3)18/h8-9H,5-7,16H2,1-4H3. The Balaban J connectivity index is 2.48. The van der Waals surface area contributed by atoms with Crippen molar-refractivity contribution in [1.82, 2.24) is 0 Å². The summed E-state index contributed by atoms with van der Waals surface area (Å²) in [6, 6.07) is 0. The van der Waals surface area contributed by atoms with Gasteiger partial charge in [0, 0.05) is 20.0 Å². The average Bonchev–Trinajstić information content (AvgIpc) is 2.74. The SMILES string of the molecule is COC(=O)c1c(N2CC(C)CC(C)C2)sc(C(C)=O)c1N. The molecule has 116 valence electrons. The number of nitrogens with two attached hydrogens (primary N) is 1. The number of carbonyl (C=O) groups is 2. The fourth-order valence-electron chi connectivity index (χ4n) is 3.04. The van der Waals surface area contributed by atoms with E-state index in [9.17, 15) is 9.59 Å². The molecule has 1 fully saturated rings. The lowest BCUT2D eigenvalue weighted by molar-refractivity contribution is 0.0603. The molecule has 2 atom stereocenters. The zero-order valence-corrected chi connectivity index (χ0v) is 13.8. The largest absolute Gasteiger partial charge is 0.465 e. The van der Waals surface area contributed by atoms with Crippen molar-refractivity contribution in [3.05, 3.63) is 10.4 Å². The average molecular weight is 310 g/mol. The van der Waals surface area contributed by atoms with E-state index in [-0.39, 0.29) is 11.5 Å². The second-order valence-corrected chi connectivity index (χ2v) is 6.92. The monoisotopic (exact) mass is 310 g/mol. The van der Waals surface area contributed by atoms with Gasteiger partial charge in [-0.05, 0) is 18.3 Å². The maximum atomic E-state index is 12.1. The highest BCUT2D eigenvalue weighted by molar-refractivity contribution is 7.19. The molecule has 1 aliphatic rings. The number of anilines is 2. The molecule has 2 heterocycles. The minimum Gasteiger partial charge on any atom is -0.465 e. The highest BCUT2D eigenvalue weighted by Gasteiger charge is 2.31. The van der Waals surface area contributed by atoms with Crippen molar-refractivity contribution in [3.63, 3.8) is 0 Å². The number of thiophene rings is 1. The Labute approximate surface area is 129 Å². The minimum atomic E-state index is -0.475. The topological polar surface area (TPSA) is 72.6 Å². The van der Waals surface area contributed by atoms with Gasteiger partial charge in [0.25, 0.3) is 0 Å². The molecular formula is C15H22N2O3S.